The molecule has 0 radical (unpaired) electrons. The largest absolute Gasteiger partial charge is 0.494 e. The molecule has 0 atom stereocenters. The van der Waals surface area contributed by atoms with Gasteiger partial charge in [-0.3, -0.25) is 9.59 Å². The number of aryl methyl sites for hydroxylation is 1. The average molecular weight is 367 g/mol. The number of hydrogen-bond acceptors (Lipinski definition) is 4. The van der Waals surface area contributed by atoms with Crippen molar-refractivity contribution in [2.75, 3.05) is 17.3 Å². The Bertz CT molecular complexity index is 854. The standard InChI is InChI=1S/C21H21NO3S/c1-4-25-17-12-8-15(9-13-17)18-19(26-5-2)21(24)22(20(18)23)16-10-6-14(3)7-11-16/h6-13H,4-5H2,1-3H3. The summed E-state index contributed by atoms with van der Waals surface area (Å²) in [7, 11) is 0. The fourth-order valence-corrected chi connectivity index (χ4v) is 3.71. The molecule has 4 nitrogen and oxygen atoms in total. The number of imide groups is 1. The van der Waals surface area contributed by atoms with Crippen molar-refractivity contribution in [3.05, 3.63) is 64.6 Å². The third-order valence-electron chi connectivity index (χ3n) is 4.08. The number of ether oxygens (including phenoxy) is 1. The fraction of sp³-hybridized carbons (Fsp3) is 0.238. The summed E-state index contributed by atoms with van der Waals surface area (Å²) in [6.07, 6.45) is 0. The minimum atomic E-state index is -0.279. The molecular weight excluding hydrogens is 346 g/mol. The SMILES string of the molecule is CCOc1ccc(C2=C(SCC)C(=O)N(c3ccc(C)cc3)C2=O)cc1. The first-order valence-electron chi connectivity index (χ1n) is 8.62. The first kappa shape index (κ1) is 18.3. The Kier molecular flexibility index (Phi) is 5.47. The number of benzene rings is 2. The van der Waals surface area contributed by atoms with Crippen LogP contribution in [0, 0.1) is 6.92 Å². The van der Waals surface area contributed by atoms with Crippen molar-refractivity contribution in [3.63, 3.8) is 0 Å². The number of rotatable bonds is 6. The number of hydrogen-bond donors (Lipinski definition) is 0. The lowest BCUT2D eigenvalue weighted by Gasteiger charge is -2.15. The van der Waals surface area contributed by atoms with Gasteiger partial charge >= 0.3 is 0 Å². The van der Waals surface area contributed by atoms with Crippen molar-refractivity contribution in [1.29, 1.82) is 0 Å². The van der Waals surface area contributed by atoms with E-state index in [2.05, 4.69) is 0 Å². The van der Waals surface area contributed by atoms with E-state index in [0.717, 1.165) is 22.6 Å². The Balaban J connectivity index is 2.01. The highest BCUT2D eigenvalue weighted by molar-refractivity contribution is 8.04. The normalized spacial score (nSPS) is 14.3. The molecule has 1 aliphatic heterocycles. The zero-order valence-electron chi connectivity index (χ0n) is 15.1. The summed E-state index contributed by atoms with van der Waals surface area (Å²) in [6.45, 7) is 6.45. The molecule has 1 heterocycles. The van der Waals surface area contributed by atoms with Crippen molar-refractivity contribution in [2.45, 2.75) is 20.8 Å². The van der Waals surface area contributed by atoms with Crippen molar-refractivity contribution >= 4 is 34.8 Å². The molecule has 1 aliphatic rings. The van der Waals surface area contributed by atoms with E-state index in [1.54, 1.807) is 12.1 Å². The molecule has 26 heavy (non-hydrogen) atoms. The second-order valence-corrected chi connectivity index (χ2v) is 7.15. The van der Waals surface area contributed by atoms with Crippen LogP contribution in [0.5, 0.6) is 5.75 Å². The molecule has 0 spiro atoms. The number of carbonyl (C=O) groups is 2. The highest BCUT2D eigenvalue weighted by Gasteiger charge is 2.39. The fourth-order valence-electron chi connectivity index (χ4n) is 2.86. The second kappa shape index (κ2) is 7.79. The molecule has 0 saturated carbocycles. The first-order valence-corrected chi connectivity index (χ1v) is 9.61. The van der Waals surface area contributed by atoms with Crippen LogP contribution in [0.4, 0.5) is 5.69 Å². The van der Waals surface area contributed by atoms with Gasteiger partial charge in [-0.15, -0.1) is 11.8 Å². The lowest BCUT2D eigenvalue weighted by atomic mass is 10.1. The van der Waals surface area contributed by atoms with Gasteiger partial charge in [-0.05, 0) is 49.4 Å². The van der Waals surface area contributed by atoms with Crippen LogP contribution < -0.4 is 9.64 Å². The summed E-state index contributed by atoms with van der Waals surface area (Å²) in [6, 6.07) is 14.7. The van der Waals surface area contributed by atoms with Gasteiger partial charge in [0.25, 0.3) is 11.8 Å². The van der Waals surface area contributed by atoms with E-state index in [1.807, 2.05) is 57.2 Å². The summed E-state index contributed by atoms with van der Waals surface area (Å²) < 4.78 is 5.46. The topological polar surface area (TPSA) is 46.6 Å². The van der Waals surface area contributed by atoms with E-state index in [9.17, 15) is 9.59 Å². The second-order valence-electron chi connectivity index (χ2n) is 5.88. The maximum atomic E-state index is 13.1. The van der Waals surface area contributed by atoms with Crippen molar-refractivity contribution < 1.29 is 14.3 Å². The summed E-state index contributed by atoms with van der Waals surface area (Å²) in [5.74, 6) is 0.929. The van der Waals surface area contributed by atoms with Gasteiger partial charge in [-0.25, -0.2) is 4.90 Å². The number of amides is 2. The monoisotopic (exact) mass is 367 g/mol. The third kappa shape index (κ3) is 3.40. The molecule has 0 bridgehead atoms. The molecule has 0 aromatic heterocycles. The molecule has 5 heteroatoms. The molecular formula is C21H21NO3S. The van der Waals surface area contributed by atoms with Crippen LogP contribution in [-0.2, 0) is 9.59 Å². The van der Waals surface area contributed by atoms with Crippen LogP contribution in [0.25, 0.3) is 5.57 Å². The quantitative estimate of drug-likeness (QED) is 0.709. The van der Waals surface area contributed by atoms with Gasteiger partial charge < -0.3 is 4.74 Å². The van der Waals surface area contributed by atoms with E-state index in [4.69, 9.17) is 4.74 Å². The van der Waals surface area contributed by atoms with E-state index in [-0.39, 0.29) is 11.8 Å². The Hall–Kier alpha value is -2.53. The minimum absolute atomic E-state index is 0.255. The molecule has 0 fully saturated rings. The van der Waals surface area contributed by atoms with Crippen LogP contribution in [0.1, 0.15) is 25.0 Å². The number of anilines is 1. The average Bonchev–Trinajstić information content (AvgIpc) is 2.88. The molecule has 2 aromatic rings. The maximum absolute atomic E-state index is 13.1. The van der Waals surface area contributed by atoms with Crippen molar-refractivity contribution in [3.8, 4) is 5.75 Å². The van der Waals surface area contributed by atoms with Crippen LogP contribution in [-0.4, -0.2) is 24.2 Å². The molecule has 0 unspecified atom stereocenters. The van der Waals surface area contributed by atoms with E-state index in [1.165, 1.54) is 16.7 Å². The Morgan fingerprint density at radius 2 is 1.58 bits per heavy atom. The first-order chi connectivity index (χ1) is 12.6. The van der Waals surface area contributed by atoms with Gasteiger partial charge in [0.05, 0.1) is 22.8 Å². The van der Waals surface area contributed by atoms with Crippen molar-refractivity contribution in [2.24, 2.45) is 0 Å². The molecule has 0 saturated heterocycles. The number of thioether (sulfide) groups is 1. The van der Waals surface area contributed by atoms with Crippen LogP contribution in [0.2, 0.25) is 0 Å². The van der Waals surface area contributed by atoms with Gasteiger partial charge in [0.2, 0.25) is 0 Å². The van der Waals surface area contributed by atoms with Gasteiger partial charge in [0, 0.05) is 0 Å². The predicted octanol–water partition coefficient (Wildman–Crippen LogP) is 4.43. The molecule has 2 aromatic carbocycles. The van der Waals surface area contributed by atoms with Gasteiger partial charge in [0.1, 0.15) is 5.75 Å². The predicted molar refractivity (Wildman–Crippen MR) is 106 cm³/mol. The zero-order chi connectivity index (χ0) is 18.7. The highest BCUT2D eigenvalue weighted by Crippen LogP contribution is 2.38. The molecule has 2 amide bonds. The van der Waals surface area contributed by atoms with E-state index in [0.29, 0.717) is 22.8 Å². The lowest BCUT2D eigenvalue weighted by molar-refractivity contribution is -0.119. The van der Waals surface area contributed by atoms with Crippen molar-refractivity contribution in [1.82, 2.24) is 0 Å². The maximum Gasteiger partial charge on any atom is 0.272 e. The van der Waals surface area contributed by atoms with E-state index >= 15 is 0 Å². The van der Waals surface area contributed by atoms with Gasteiger partial charge in [-0.2, -0.15) is 0 Å². The molecule has 3 rings (SSSR count). The van der Waals surface area contributed by atoms with Gasteiger partial charge in [0.15, 0.2) is 0 Å². The van der Waals surface area contributed by atoms with Crippen LogP contribution in [0.15, 0.2) is 53.4 Å². The Labute approximate surface area is 157 Å². The van der Waals surface area contributed by atoms with Gasteiger partial charge in [-0.1, -0.05) is 36.8 Å². The minimum Gasteiger partial charge on any atom is -0.494 e. The summed E-state index contributed by atoms with van der Waals surface area (Å²) in [5.41, 5.74) is 2.87. The van der Waals surface area contributed by atoms with Crippen LogP contribution in [0.3, 0.4) is 0 Å². The molecule has 0 N–H and O–H groups in total. The Morgan fingerprint density at radius 1 is 0.923 bits per heavy atom. The number of nitrogens with zero attached hydrogens (tertiary/aromatic N) is 1. The zero-order valence-corrected chi connectivity index (χ0v) is 15.9. The van der Waals surface area contributed by atoms with E-state index < -0.39 is 0 Å². The lowest BCUT2D eigenvalue weighted by Crippen LogP contribution is -2.31. The molecule has 134 valence electrons. The summed E-state index contributed by atoms with van der Waals surface area (Å²) in [4.78, 5) is 27.8. The molecule has 0 aliphatic carbocycles. The third-order valence-corrected chi connectivity index (χ3v) is 5.03. The highest BCUT2D eigenvalue weighted by atomic mass is 32.2. The summed E-state index contributed by atoms with van der Waals surface area (Å²) >= 11 is 1.41. The Morgan fingerprint density at radius 3 is 2.15 bits per heavy atom. The smallest absolute Gasteiger partial charge is 0.272 e. The van der Waals surface area contributed by atoms with Crippen LogP contribution >= 0.6 is 11.8 Å². The summed E-state index contributed by atoms with van der Waals surface area (Å²) in [5, 5.41) is 0. The number of carbonyl (C=O) groups excluding carboxylic acids is 2.